The van der Waals surface area contributed by atoms with Gasteiger partial charge in [-0.3, -0.25) is 14.0 Å². The molecule has 2 aromatic carbocycles. The molecule has 2 aliphatic heterocycles. The molecule has 0 radical (unpaired) electrons. The smallest absolute Gasteiger partial charge is 0.282 e. The van der Waals surface area contributed by atoms with Gasteiger partial charge in [0.2, 0.25) is 5.91 Å². The molecule has 2 aromatic heterocycles. The van der Waals surface area contributed by atoms with Crippen molar-refractivity contribution < 1.29 is 17.9 Å². The highest BCUT2D eigenvalue weighted by Crippen LogP contribution is 2.35. The summed E-state index contributed by atoms with van der Waals surface area (Å²) in [7, 11) is -2.03. The molecular weight excluding hydrogens is 554 g/mol. The quantitative estimate of drug-likeness (QED) is 0.334. The van der Waals surface area contributed by atoms with Crippen molar-refractivity contribution in [2.45, 2.75) is 56.4 Å². The Morgan fingerprint density at radius 3 is 2.81 bits per heavy atom. The minimum Gasteiger partial charge on any atom is -0.493 e. The van der Waals surface area contributed by atoms with Gasteiger partial charge < -0.3 is 10.1 Å². The van der Waals surface area contributed by atoms with E-state index in [1.165, 1.54) is 24.0 Å². The molecule has 4 heterocycles. The Morgan fingerprint density at radius 1 is 1.14 bits per heavy atom. The van der Waals surface area contributed by atoms with Gasteiger partial charge in [0.1, 0.15) is 11.8 Å². The molecule has 0 saturated carbocycles. The Morgan fingerprint density at radius 2 is 1.98 bits per heavy atom. The van der Waals surface area contributed by atoms with Crippen molar-refractivity contribution in [2.24, 2.45) is 0 Å². The lowest BCUT2D eigenvalue weighted by Gasteiger charge is -2.30. The molecule has 2 unspecified atom stereocenters. The van der Waals surface area contributed by atoms with Gasteiger partial charge in [0.25, 0.3) is 10.0 Å². The second kappa shape index (κ2) is 11.2. The van der Waals surface area contributed by atoms with Crippen LogP contribution in [0.5, 0.6) is 5.75 Å². The molecule has 4 aromatic rings. The van der Waals surface area contributed by atoms with Gasteiger partial charge in [-0.1, -0.05) is 35.5 Å². The SMILES string of the molecule is CC(C)N(C)Cc1ccc2c(c1)OCCC2n1cc(CC2C(=O)NC=CN2S(=O)(=O)c2ccc3ccccc3n2)nn1. The minimum absolute atomic E-state index is 0.0412. The average Bonchev–Trinajstić information content (AvgIpc) is 3.45. The van der Waals surface area contributed by atoms with Crippen LogP contribution in [-0.4, -0.2) is 69.2 Å². The fourth-order valence-electron chi connectivity index (χ4n) is 5.25. The van der Waals surface area contributed by atoms with Crippen LogP contribution in [0.2, 0.25) is 0 Å². The molecule has 0 saturated heterocycles. The summed E-state index contributed by atoms with van der Waals surface area (Å²) >= 11 is 0. The van der Waals surface area contributed by atoms with Crippen molar-refractivity contribution >= 4 is 26.8 Å². The zero-order valence-corrected chi connectivity index (χ0v) is 24.5. The Labute approximate surface area is 244 Å². The van der Waals surface area contributed by atoms with Crippen LogP contribution in [0.4, 0.5) is 0 Å². The number of carbonyl (C=O) groups excluding carboxylic acids is 1. The number of hydrogen-bond acceptors (Lipinski definition) is 8. The van der Waals surface area contributed by atoms with Crippen molar-refractivity contribution in [1.29, 1.82) is 0 Å². The molecule has 218 valence electrons. The monoisotopic (exact) mass is 587 g/mol. The minimum atomic E-state index is -4.13. The summed E-state index contributed by atoms with van der Waals surface area (Å²) in [5, 5.41) is 12.0. The number of ether oxygens (including phenoxy) is 1. The molecule has 0 aliphatic carbocycles. The predicted octanol–water partition coefficient (Wildman–Crippen LogP) is 3.24. The van der Waals surface area contributed by atoms with Crippen LogP contribution in [0.15, 0.2) is 78.2 Å². The fraction of sp³-hybridized carbons (Fsp3) is 0.333. The normalized spacial score (nSPS) is 18.8. The lowest BCUT2D eigenvalue weighted by molar-refractivity contribution is -0.124. The zero-order chi connectivity index (χ0) is 29.4. The lowest BCUT2D eigenvalue weighted by Crippen LogP contribution is -2.50. The highest BCUT2D eigenvalue weighted by atomic mass is 32.2. The number of aromatic nitrogens is 4. The van der Waals surface area contributed by atoms with E-state index in [1.54, 1.807) is 29.1 Å². The molecular formula is C30H33N7O4S. The number of rotatable bonds is 8. The molecule has 11 nitrogen and oxygen atoms in total. The van der Waals surface area contributed by atoms with Crippen LogP contribution in [0, 0.1) is 0 Å². The maximum Gasteiger partial charge on any atom is 0.282 e. The number of benzene rings is 2. The lowest BCUT2D eigenvalue weighted by atomic mass is 9.98. The average molecular weight is 588 g/mol. The molecule has 2 aliphatic rings. The summed E-state index contributed by atoms with van der Waals surface area (Å²) in [5.74, 6) is 0.377. The van der Waals surface area contributed by atoms with Gasteiger partial charge in [0.15, 0.2) is 5.03 Å². The van der Waals surface area contributed by atoms with Crippen LogP contribution in [0.3, 0.4) is 0 Å². The first-order chi connectivity index (χ1) is 20.2. The topological polar surface area (TPSA) is 123 Å². The number of amides is 1. The molecule has 12 heteroatoms. The van der Waals surface area contributed by atoms with E-state index < -0.39 is 22.0 Å². The first-order valence-corrected chi connectivity index (χ1v) is 15.4. The summed E-state index contributed by atoms with van der Waals surface area (Å²) < 4.78 is 36.2. The molecule has 2 atom stereocenters. The van der Waals surface area contributed by atoms with Gasteiger partial charge in [-0.05, 0) is 50.7 Å². The van der Waals surface area contributed by atoms with Crippen molar-refractivity contribution in [3.05, 3.63) is 90.0 Å². The molecule has 42 heavy (non-hydrogen) atoms. The second-order valence-electron chi connectivity index (χ2n) is 10.9. The fourth-order valence-corrected chi connectivity index (χ4v) is 6.65. The van der Waals surface area contributed by atoms with Gasteiger partial charge in [0.05, 0.1) is 23.9 Å². The molecule has 1 N–H and O–H groups in total. The Kier molecular flexibility index (Phi) is 7.42. The molecule has 0 fully saturated rings. The van der Waals surface area contributed by atoms with E-state index in [-0.39, 0.29) is 17.5 Å². The molecule has 6 rings (SSSR count). The second-order valence-corrected chi connectivity index (χ2v) is 12.7. The number of carbonyl (C=O) groups is 1. The third-order valence-electron chi connectivity index (χ3n) is 7.85. The standard InChI is InChI=1S/C30H33N7O4S/c1-20(2)35(3)18-21-8-10-24-26(12-15-41-28(24)16-21)36-19-23(33-34-36)17-27-30(38)31-13-14-37(27)42(39,40)29-11-9-22-6-4-5-7-25(22)32-29/h4-11,13-14,16,19-20,26-27H,12,15,17-18H2,1-3H3,(H,31,38). The van der Waals surface area contributed by atoms with Crippen molar-refractivity contribution in [2.75, 3.05) is 13.7 Å². The molecule has 0 spiro atoms. The predicted molar refractivity (Wildman–Crippen MR) is 157 cm³/mol. The number of sulfonamides is 1. The van der Waals surface area contributed by atoms with E-state index in [0.29, 0.717) is 30.3 Å². The van der Waals surface area contributed by atoms with E-state index in [0.717, 1.165) is 27.5 Å². The van der Waals surface area contributed by atoms with Crippen LogP contribution >= 0.6 is 0 Å². The van der Waals surface area contributed by atoms with Crippen LogP contribution in [-0.2, 0) is 27.8 Å². The summed E-state index contributed by atoms with van der Waals surface area (Å²) in [4.78, 5) is 19.6. The van der Waals surface area contributed by atoms with E-state index in [2.05, 4.69) is 64.6 Å². The Balaban J connectivity index is 1.24. The van der Waals surface area contributed by atoms with E-state index in [9.17, 15) is 13.2 Å². The number of nitrogens with one attached hydrogen (secondary N) is 1. The third-order valence-corrected chi connectivity index (χ3v) is 9.54. The largest absolute Gasteiger partial charge is 0.493 e. The number of fused-ring (bicyclic) bond motifs is 2. The Bertz CT molecular complexity index is 1770. The van der Waals surface area contributed by atoms with E-state index in [4.69, 9.17) is 4.74 Å². The summed E-state index contributed by atoms with van der Waals surface area (Å²) in [6, 6.07) is 16.0. The van der Waals surface area contributed by atoms with Crippen molar-refractivity contribution in [3.63, 3.8) is 0 Å². The van der Waals surface area contributed by atoms with E-state index >= 15 is 0 Å². The van der Waals surface area contributed by atoms with Gasteiger partial charge in [0, 0.05) is 55.0 Å². The maximum atomic E-state index is 13.7. The summed E-state index contributed by atoms with van der Waals surface area (Å²) in [6.07, 6.45) is 5.21. The van der Waals surface area contributed by atoms with Gasteiger partial charge >= 0.3 is 0 Å². The summed E-state index contributed by atoms with van der Waals surface area (Å²) in [6.45, 7) is 5.68. The number of para-hydroxylation sites is 1. The van der Waals surface area contributed by atoms with Gasteiger partial charge in [-0.25, -0.2) is 9.67 Å². The van der Waals surface area contributed by atoms with Crippen LogP contribution in [0.1, 0.15) is 43.1 Å². The highest BCUT2D eigenvalue weighted by Gasteiger charge is 2.37. The maximum absolute atomic E-state index is 13.7. The van der Waals surface area contributed by atoms with Crippen molar-refractivity contribution in [3.8, 4) is 5.75 Å². The van der Waals surface area contributed by atoms with Crippen molar-refractivity contribution in [1.82, 2.24) is 34.5 Å². The van der Waals surface area contributed by atoms with E-state index in [1.807, 2.05) is 12.1 Å². The highest BCUT2D eigenvalue weighted by molar-refractivity contribution is 7.89. The number of nitrogens with zero attached hydrogens (tertiary/aromatic N) is 6. The first-order valence-electron chi connectivity index (χ1n) is 13.9. The molecule has 1 amide bonds. The zero-order valence-electron chi connectivity index (χ0n) is 23.7. The van der Waals surface area contributed by atoms with Crippen LogP contribution in [0.25, 0.3) is 10.9 Å². The number of hydrogen-bond donors (Lipinski definition) is 1. The summed E-state index contributed by atoms with van der Waals surface area (Å²) in [5.41, 5.74) is 3.24. The Hall–Kier alpha value is -4.29. The van der Waals surface area contributed by atoms with Gasteiger partial charge in [-0.15, -0.1) is 5.10 Å². The third kappa shape index (κ3) is 5.35. The number of pyridine rings is 1. The first kappa shape index (κ1) is 27.9. The van der Waals surface area contributed by atoms with Gasteiger partial charge in [-0.2, -0.15) is 8.42 Å². The molecule has 0 bridgehead atoms. The van der Waals surface area contributed by atoms with Crippen LogP contribution < -0.4 is 10.1 Å².